The predicted molar refractivity (Wildman–Crippen MR) is 113 cm³/mol. The summed E-state index contributed by atoms with van der Waals surface area (Å²) in [4.78, 5) is 16.7. The van der Waals surface area contributed by atoms with E-state index in [0.29, 0.717) is 11.0 Å². The molecule has 0 aliphatic heterocycles. The number of thioether (sulfide) groups is 1. The van der Waals surface area contributed by atoms with E-state index in [-0.39, 0.29) is 10.6 Å². The third-order valence-electron chi connectivity index (χ3n) is 3.82. The molecule has 0 radical (unpaired) electrons. The van der Waals surface area contributed by atoms with Crippen LogP contribution in [0.5, 0.6) is 0 Å². The van der Waals surface area contributed by atoms with Gasteiger partial charge >= 0.3 is 0 Å². The molecule has 5 nitrogen and oxygen atoms in total. The van der Waals surface area contributed by atoms with E-state index < -0.39 is 0 Å². The summed E-state index contributed by atoms with van der Waals surface area (Å²) in [5.41, 5.74) is 2.12. The number of rotatable bonds is 9. The molecule has 0 bridgehead atoms. The number of aromatic nitrogens is 1. The van der Waals surface area contributed by atoms with Crippen LogP contribution in [0.15, 0.2) is 59.6 Å². The number of non-ortho nitro benzene ring substituents is 1. The summed E-state index contributed by atoms with van der Waals surface area (Å²) >= 11 is 8.86. The average molecular weight is 420 g/mol. The van der Waals surface area contributed by atoms with Crippen LogP contribution in [0.2, 0.25) is 4.47 Å². The molecule has 0 aliphatic carbocycles. The zero-order chi connectivity index (χ0) is 19.1. The van der Waals surface area contributed by atoms with Gasteiger partial charge in [-0.1, -0.05) is 41.9 Å². The van der Waals surface area contributed by atoms with Crippen LogP contribution >= 0.6 is 34.7 Å². The lowest BCUT2D eigenvalue weighted by atomic mass is 10.1. The quantitative estimate of drug-likeness (QED) is 0.198. The van der Waals surface area contributed by atoms with Crippen LogP contribution in [-0.2, 0) is 13.0 Å². The van der Waals surface area contributed by atoms with Crippen LogP contribution in [0, 0.1) is 10.1 Å². The molecule has 0 atom stereocenters. The molecule has 140 valence electrons. The summed E-state index contributed by atoms with van der Waals surface area (Å²) in [6.45, 7) is 0.531. The first kappa shape index (κ1) is 19.7. The predicted octanol–water partition coefficient (Wildman–Crippen LogP) is 6.04. The van der Waals surface area contributed by atoms with Crippen molar-refractivity contribution >= 4 is 46.1 Å². The van der Waals surface area contributed by atoms with Gasteiger partial charge in [0.05, 0.1) is 11.5 Å². The molecule has 0 amide bonds. The van der Waals surface area contributed by atoms with Crippen molar-refractivity contribution in [3.05, 3.63) is 79.7 Å². The standard InChI is InChI=1S/C19H18ClN3O2S2/c20-19-22-13-18(27-19)12-21-15-9-16(23(24)25)11-17(10-15)26-8-4-7-14-5-2-1-3-6-14/h1-3,5-6,9-11,13,21H,4,7-8,12H2. The molecule has 1 N–H and O–H groups in total. The minimum atomic E-state index is -0.358. The number of nitro groups is 1. The highest BCUT2D eigenvalue weighted by molar-refractivity contribution is 7.99. The number of halogens is 1. The van der Waals surface area contributed by atoms with Crippen molar-refractivity contribution in [2.75, 3.05) is 11.1 Å². The molecule has 2 aromatic carbocycles. The molecule has 1 heterocycles. The number of aryl methyl sites for hydroxylation is 1. The molecule has 0 aliphatic rings. The maximum absolute atomic E-state index is 11.2. The molecule has 0 unspecified atom stereocenters. The first-order valence-electron chi connectivity index (χ1n) is 8.40. The second-order valence-corrected chi connectivity index (χ2v) is 8.71. The van der Waals surface area contributed by atoms with E-state index in [1.54, 1.807) is 30.1 Å². The Morgan fingerprint density at radius 3 is 2.74 bits per heavy atom. The zero-order valence-corrected chi connectivity index (χ0v) is 16.8. The van der Waals surface area contributed by atoms with Gasteiger partial charge in [0, 0.05) is 33.8 Å². The molecule has 0 saturated heterocycles. The lowest BCUT2D eigenvalue weighted by Gasteiger charge is -2.08. The van der Waals surface area contributed by atoms with Gasteiger partial charge in [-0.05, 0) is 30.2 Å². The summed E-state index contributed by atoms with van der Waals surface area (Å²) in [7, 11) is 0. The summed E-state index contributed by atoms with van der Waals surface area (Å²) < 4.78 is 0.487. The van der Waals surface area contributed by atoms with E-state index in [2.05, 4.69) is 22.4 Å². The van der Waals surface area contributed by atoms with E-state index in [1.165, 1.54) is 16.9 Å². The first-order chi connectivity index (χ1) is 13.1. The first-order valence-corrected chi connectivity index (χ1v) is 10.6. The van der Waals surface area contributed by atoms with Gasteiger partial charge in [-0.15, -0.1) is 23.1 Å². The van der Waals surface area contributed by atoms with Crippen molar-refractivity contribution in [1.82, 2.24) is 4.98 Å². The smallest absolute Gasteiger partial charge is 0.272 e. The SMILES string of the molecule is O=[N+]([O-])c1cc(NCc2cnc(Cl)s2)cc(SCCCc2ccccc2)c1. The molecule has 1 aromatic heterocycles. The Labute approximate surface area is 170 Å². The lowest BCUT2D eigenvalue weighted by Crippen LogP contribution is -1.99. The van der Waals surface area contributed by atoms with Gasteiger partial charge < -0.3 is 5.32 Å². The minimum absolute atomic E-state index is 0.0906. The van der Waals surface area contributed by atoms with Crippen LogP contribution in [-0.4, -0.2) is 15.7 Å². The van der Waals surface area contributed by atoms with Crippen molar-refractivity contribution in [2.24, 2.45) is 0 Å². The molecule has 0 saturated carbocycles. The van der Waals surface area contributed by atoms with Crippen molar-refractivity contribution in [1.29, 1.82) is 0 Å². The Bertz CT molecular complexity index is 903. The van der Waals surface area contributed by atoms with E-state index in [0.717, 1.165) is 34.1 Å². The molecule has 27 heavy (non-hydrogen) atoms. The Hall–Kier alpha value is -2.09. The monoisotopic (exact) mass is 419 g/mol. The number of anilines is 1. The van der Waals surface area contributed by atoms with Crippen molar-refractivity contribution in [2.45, 2.75) is 24.3 Å². The summed E-state index contributed by atoms with van der Waals surface area (Å²) in [6, 6.07) is 15.4. The number of nitrogens with one attached hydrogen (secondary N) is 1. The molecular formula is C19H18ClN3O2S2. The van der Waals surface area contributed by atoms with Crippen molar-refractivity contribution < 1.29 is 4.92 Å². The van der Waals surface area contributed by atoms with Gasteiger partial charge in [0.15, 0.2) is 4.47 Å². The van der Waals surface area contributed by atoms with Gasteiger partial charge in [0.2, 0.25) is 0 Å². The summed E-state index contributed by atoms with van der Waals surface area (Å²) in [5.74, 6) is 0.903. The second kappa shape index (κ2) is 9.73. The summed E-state index contributed by atoms with van der Waals surface area (Å²) in [5, 5.41) is 14.5. The van der Waals surface area contributed by atoms with E-state index in [4.69, 9.17) is 11.6 Å². The Kier molecular flexibility index (Phi) is 7.09. The largest absolute Gasteiger partial charge is 0.380 e. The number of hydrogen-bond acceptors (Lipinski definition) is 6. The van der Waals surface area contributed by atoms with E-state index in [1.807, 2.05) is 24.3 Å². The highest BCUT2D eigenvalue weighted by Crippen LogP contribution is 2.29. The zero-order valence-electron chi connectivity index (χ0n) is 14.4. The molecule has 0 fully saturated rings. The fourth-order valence-corrected chi connectivity index (χ4v) is 4.40. The number of nitrogens with zero attached hydrogens (tertiary/aromatic N) is 2. The van der Waals surface area contributed by atoms with Crippen LogP contribution in [0.25, 0.3) is 0 Å². The number of benzene rings is 2. The van der Waals surface area contributed by atoms with Gasteiger partial charge in [-0.2, -0.15) is 0 Å². The molecule has 3 aromatic rings. The molecule has 0 spiro atoms. The van der Waals surface area contributed by atoms with E-state index in [9.17, 15) is 10.1 Å². The van der Waals surface area contributed by atoms with E-state index >= 15 is 0 Å². The highest BCUT2D eigenvalue weighted by Gasteiger charge is 2.11. The Balaban J connectivity index is 1.59. The maximum Gasteiger partial charge on any atom is 0.272 e. The number of hydrogen-bond donors (Lipinski definition) is 1. The van der Waals surface area contributed by atoms with Crippen molar-refractivity contribution in [3.63, 3.8) is 0 Å². The number of thiazole rings is 1. The lowest BCUT2D eigenvalue weighted by molar-refractivity contribution is -0.385. The Morgan fingerprint density at radius 1 is 1.22 bits per heavy atom. The normalized spacial score (nSPS) is 10.7. The van der Waals surface area contributed by atoms with Crippen LogP contribution in [0.1, 0.15) is 16.9 Å². The maximum atomic E-state index is 11.2. The molecule has 3 rings (SSSR count). The van der Waals surface area contributed by atoms with Crippen LogP contribution in [0.4, 0.5) is 11.4 Å². The Morgan fingerprint density at radius 2 is 2.04 bits per heavy atom. The molecule has 8 heteroatoms. The van der Waals surface area contributed by atoms with Crippen molar-refractivity contribution in [3.8, 4) is 0 Å². The van der Waals surface area contributed by atoms with Gasteiger partial charge in [0.25, 0.3) is 5.69 Å². The number of nitro benzene ring substituents is 1. The van der Waals surface area contributed by atoms with Crippen LogP contribution < -0.4 is 5.32 Å². The van der Waals surface area contributed by atoms with Gasteiger partial charge in [-0.3, -0.25) is 10.1 Å². The minimum Gasteiger partial charge on any atom is -0.380 e. The van der Waals surface area contributed by atoms with Crippen LogP contribution in [0.3, 0.4) is 0 Å². The van der Waals surface area contributed by atoms with Gasteiger partial charge in [0.1, 0.15) is 0 Å². The fraction of sp³-hybridized carbons (Fsp3) is 0.211. The average Bonchev–Trinajstić information content (AvgIpc) is 3.09. The van der Waals surface area contributed by atoms with Gasteiger partial charge in [-0.25, -0.2) is 4.98 Å². The third kappa shape index (κ3) is 6.23. The third-order valence-corrected chi connectivity index (χ3v) is 5.99. The molecular weight excluding hydrogens is 402 g/mol. The second-order valence-electron chi connectivity index (χ2n) is 5.84. The highest BCUT2D eigenvalue weighted by atomic mass is 35.5. The topological polar surface area (TPSA) is 68.1 Å². The fourth-order valence-electron chi connectivity index (χ4n) is 2.54. The summed E-state index contributed by atoms with van der Waals surface area (Å²) in [6.07, 6.45) is 3.72.